The molecular weight excluding hydrogens is 312 g/mol. The van der Waals surface area contributed by atoms with E-state index in [2.05, 4.69) is 51.3 Å². The number of anilines is 1. The Morgan fingerprint density at radius 3 is 2.90 bits per heavy atom. The van der Waals surface area contributed by atoms with Crippen LogP contribution in [0.3, 0.4) is 0 Å². The molecule has 1 N–H and O–H groups in total. The van der Waals surface area contributed by atoms with Crippen LogP contribution in [0.2, 0.25) is 0 Å². The standard InChI is InChI=1S/C17H25BrN2/c1-2-19-12-13-8-9-17(15(18)11-13)20-10-4-6-14-5-3-7-16(14)20/h8-9,11,14,16,19H,2-7,10,12H2,1H3. The topological polar surface area (TPSA) is 15.3 Å². The molecule has 0 bridgehead atoms. The maximum Gasteiger partial charge on any atom is 0.0513 e. The molecule has 1 heterocycles. The monoisotopic (exact) mass is 336 g/mol. The van der Waals surface area contributed by atoms with Gasteiger partial charge >= 0.3 is 0 Å². The van der Waals surface area contributed by atoms with Crippen LogP contribution >= 0.6 is 15.9 Å². The Bertz CT molecular complexity index is 460. The van der Waals surface area contributed by atoms with E-state index < -0.39 is 0 Å². The quantitative estimate of drug-likeness (QED) is 0.880. The van der Waals surface area contributed by atoms with Crippen LogP contribution in [0, 0.1) is 5.92 Å². The highest BCUT2D eigenvalue weighted by atomic mass is 79.9. The van der Waals surface area contributed by atoms with Crippen molar-refractivity contribution in [1.29, 1.82) is 0 Å². The highest BCUT2D eigenvalue weighted by molar-refractivity contribution is 9.10. The third-order valence-corrected chi connectivity index (χ3v) is 5.53. The Morgan fingerprint density at radius 2 is 2.10 bits per heavy atom. The first-order valence-corrected chi connectivity index (χ1v) is 8.84. The van der Waals surface area contributed by atoms with Gasteiger partial charge in [0.15, 0.2) is 0 Å². The van der Waals surface area contributed by atoms with Gasteiger partial charge in [-0.1, -0.05) is 19.4 Å². The molecule has 1 aromatic carbocycles. The Balaban J connectivity index is 1.79. The van der Waals surface area contributed by atoms with E-state index in [1.165, 1.54) is 54.4 Å². The fourth-order valence-electron chi connectivity index (χ4n) is 3.92. The average Bonchev–Trinajstić information content (AvgIpc) is 2.94. The fraction of sp³-hybridized carbons (Fsp3) is 0.647. The second-order valence-electron chi connectivity index (χ2n) is 6.16. The highest BCUT2D eigenvalue weighted by Gasteiger charge is 2.35. The summed E-state index contributed by atoms with van der Waals surface area (Å²) in [6, 6.07) is 7.68. The van der Waals surface area contributed by atoms with Crippen LogP contribution in [-0.2, 0) is 6.54 Å². The minimum absolute atomic E-state index is 0.791. The second-order valence-corrected chi connectivity index (χ2v) is 7.01. The number of nitrogens with zero attached hydrogens (tertiary/aromatic N) is 1. The maximum absolute atomic E-state index is 3.80. The van der Waals surface area contributed by atoms with Crippen molar-refractivity contribution in [3.63, 3.8) is 0 Å². The van der Waals surface area contributed by atoms with Gasteiger partial charge in [-0.05, 0) is 71.8 Å². The first-order valence-electron chi connectivity index (χ1n) is 8.05. The summed E-state index contributed by atoms with van der Waals surface area (Å²) >= 11 is 3.80. The highest BCUT2D eigenvalue weighted by Crippen LogP contribution is 2.41. The van der Waals surface area contributed by atoms with E-state index in [4.69, 9.17) is 0 Å². The summed E-state index contributed by atoms with van der Waals surface area (Å²) in [6.45, 7) is 5.36. The molecular formula is C17H25BrN2. The van der Waals surface area contributed by atoms with E-state index in [9.17, 15) is 0 Å². The lowest BCUT2D eigenvalue weighted by molar-refractivity contribution is 0.362. The van der Waals surface area contributed by atoms with Crippen LogP contribution in [0.15, 0.2) is 22.7 Å². The van der Waals surface area contributed by atoms with Gasteiger partial charge < -0.3 is 10.2 Å². The molecule has 0 amide bonds. The zero-order valence-electron chi connectivity index (χ0n) is 12.4. The summed E-state index contributed by atoms with van der Waals surface area (Å²) in [4.78, 5) is 2.67. The summed E-state index contributed by atoms with van der Waals surface area (Å²) in [7, 11) is 0. The normalized spacial score (nSPS) is 25.8. The second kappa shape index (κ2) is 6.48. The molecule has 2 unspecified atom stereocenters. The Hall–Kier alpha value is -0.540. The first-order chi connectivity index (χ1) is 9.79. The number of fused-ring (bicyclic) bond motifs is 1. The van der Waals surface area contributed by atoms with Crippen molar-refractivity contribution in [2.24, 2.45) is 5.92 Å². The molecule has 20 heavy (non-hydrogen) atoms. The first kappa shape index (κ1) is 14.4. The zero-order valence-corrected chi connectivity index (χ0v) is 14.0. The van der Waals surface area contributed by atoms with Crippen molar-refractivity contribution in [2.45, 2.75) is 51.6 Å². The largest absolute Gasteiger partial charge is 0.367 e. The van der Waals surface area contributed by atoms with Gasteiger partial charge in [-0.2, -0.15) is 0 Å². The van der Waals surface area contributed by atoms with Crippen LogP contribution in [0.5, 0.6) is 0 Å². The molecule has 1 saturated carbocycles. The lowest BCUT2D eigenvalue weighted by atomic mass is 9.91. The lowest BCUT2D eigenvalue weighted by Crippen LogP contribution is -2.42. The summed E-state index contributed by atoms with van der Waals surface area (Å²) in [5, 5.41) is 3.39. The van der Waals surface area contributed by atoms with Gasteiger partial charge in [0.25, 0.3) is 0 Å². The van der Waals surface area contributed by atoms with Gasteiger partial charge in [0.05, 0.1) is 5.69 Å². The predicted octanol–water partition coefficient (Wildman–Crippen LogP) is 4.33. The van der Waals surface area contributed by atoms with Crippen LogP contribution in [0.4, 0.5) is 5.69 Å². The fourth-order valence-corrected chi connectivity index (χ4v) is 4.57. The van der Waals surface area contributed by atoms with Crippen LogP contribution in [0.25, 0.3) is 0 Å². The molecule has 3 rings (SSSR count). The molecule has 1 aromatic rings. The Labute approximate surface area is 131 Å². The number of halogens is 1. The van der Waals surface area contributed by atoms with E-state index in [1.807, 2.05) is 0 Å². The van der Waals surface area contributed by atoms with Crippen molar-refractivity contribution in [2.75, 3.05) is 18.0 Å². The number of hydrogen-bond acceptors (Lipinski definition) is 2. The summed E-state index contributed by atoms with van der Waals surface area (Å²) in [5.41, 5.74) is 2.77. The average molecular weight is 337 g/mol. The minimum atomic E-state index is 0.791. The Kier molecular flexibility index (Phi) is 4.67. The smallest absolute Gasteiger partial charge is 0.0513 e. The predicted molar refractivity (Wildman–Crippen MR) is 89.2 cm³/mol. The van der Waals surface area contributed by atoms with Gasteiger partial charge in [-0.15, -0.1) is 0 Å². The summed E-state index contributed by atoms with van der Waals surface area (Å²) in [6.07, 6.45) is 7.04. The molecule has 1 aliphatic heterocycles. The van der Waals surface area contributed by atoms with Crippen molar-refractivity contribution in [3.05, 3.63) is 28.2 Å². The van der Waals surface area contributed by atoms with Crippen LogP contribution < -0.4 is 10.2 Å². The van der Waals surface area contributed by atoms with E-state index in [0.717, 1.165) is 25.0 Å². The maximum atomic E-state index is 3.80. The van der Waals surface area contributed by atoms with E-state index >= 15 is 0 Å². The number of piperidine rings is 1. The Morgan fingerprint density at radius 1 is 1.25 bits per heavy atom. The van der Waals surface area contributed by atoms with Crippen molar-refractivity contribution >= 4 is 21.6 Å². The molecule has 0 radical (unpaired) electrons. The summed E-state index contributed by atoms with van der Waals surface area (Å²) < 4.78 is 1.26. The SMILES string of the molecule is CCNCc1ccc(N2CCCC3CCCC32)c(Br)c1. The zero-order chi connectivity index (χ0) is 13.9. The lowest BCUT2D eigenvalue weighted by Gasteiger charge is -2.40. The molecule has 1 saturated heterocycles. The summed E-state index contributed by atoms with van der Waals surface area (Å²) in [5.74, 6) is 0.942. The van der Waals surface area contributed by atoms with Crippen molar-refractivity contribution in [3.8, 4) is 0 Å². The van der Waals surface area contributed by atoms with Gasteiger partial charge in [0.2, 0.25) is 0 Å². The molecule has 0 spiro atoms. The molecule has 110 valence electrons. The van der Waals surface area contributed by atoms with Crippen molar-refractivity contribution in [1.82, 2.24) is 5.32 Å². The molecule has 2 atom stereocenters. The van der Waals surface area contributed by atoms with Crippen molar-refractivity contribution < 1.29 is 0 Å². The van der Waals surface area contributed by atoms with Gasteiger partial charge in [0, 0.05) is 23.6 Å². The number of nitrogens with one attached hydrogen (secondary N) is 1. The molecule has 2 fully saturated rings. The number of rotatable bonds is 4. The molecule has 0 aromatic heterocycles. The third kappa shape index (κ3) is 2.89. The molecule has 3 heteroatoms. The van der Waals surface area contributed by atoms with E-state index in [-0.39, 0.29) is 0 Å². The number of benzene rings is 1. The van der Waals surface area contributed by atoms with E-state index in [0.29, 0.717) is 0 Å². The van der Waals surface area contributed by atoms with E-state index in [1.54, 1.807) is 0 Å². The van der Waals surface area contributed by atoms with Gasteiger partial charge in [-0.25, -0.2) is 0 Å². The van der Waals surface area contributed by atoms with Crippen LogP contribution in [0.1, 0.15) is 44.6 Å². The molecule has 2 nitrogen and oxygen atoms in total. The third-order valence-electron chi connectivity index (χ3n) is 4.89. The minimum Gasteiger partial charge on any atom is -0.367 e. The van der Waals surface area contributed by atoms with Crippen LogP contribution in [-0.4, -0.2) is 19.1 Å². The van der Waals surface area contributed by atoms with Gasteiger partial charge in [-0.3, -0.25) is 0 Å². The molecule has 1 aliphatic carbocycles. The molecule has 2 aliphatic rings. The number of hydrogen-bond donors (Lipinski definition) is 1. The van der Waals surface area contributed by atoms with Gasteiger partial charge in [0.1, 0.15) is 0 Å².